The van der Waals surface area contributed by atoms with Gasteiger partial charge in [-0.2, -0.15) is 0 Å². The number of carbonyl (C=O) groups is 1. The van der Waals surface area contributed by atoms with Crippen molar-refractivity contribution in [3.8, 4) is 0 Å². The van der Waals surface area contributed by atoms with Gasteiger partial charge in [0.25, 0.3) is 0 Å². The largest absolute Gasteiger partial charge is 0.461 e. The fourth-order valence-corrected chi connectivity index (χ4v) is 6.31. The van der Waals surface area contributed by atoms with Crippen molar-refractivity contribution in [2.75, 3.05) is 0 Å². The Bertz CT molecular complexity index is 1770. The van der Waals surface area contributed by atoms with Crippen LogP contribution >= 0.6 is 0 Å². The van der Waals surface area contributed by atoms with E-state index in [9.17, 15) is 9.18 Å². The van der Waals surface area contributed by atoms with Crippen LogP contribution in [0.2, 0.25) is 0 Å². The molecule has 0 amide bonds. The molecule has 0 aliphatic heterocycles. The molecule has 0 fully saturated rings. The molecule has 0 heterocycles. The van der Waals surface area contributed by atoms with Crippen molar-refractivity contribution in [2.24, 2.45) is 0 Å². The van der Waals surface area contributed by atoms with E-state index in [0.717, 1.165) is 38.6 Å². The molecule has 6 rings (SSSR count). The van der Waals surface area contributed by atoms with Gasteiger partial charge in [-0.3, -0.25) is 4.79 Å². The topological polar surface area (TPSA) is 26.3 Å². The van der Waals surface area contributed by atoms with E-state index in [-0.39, 0.29) is 18.4 Å². The average molecular weight is 565 g/mol. The molecule has 0 bridgehead atoms. The van der Waals surface area contributed by atoms with Crippen LogP contribution in [0.3, 0.4) is 0 Å². The van der Waals surface area contributed by atoms with Crippen molar-refractivity contribution < 1.29 is 13.9 Å². The van der Waals surface area contributed by atoms with Crippen molar-refractivity contribution in [2.45, 2.75) is 32.3 Å². The minimum absolute atomic E-state index is 0.189. The summed E-state index contributed by atoms with van der Waals surface area (Å²) >= 11 is 0. The van der Waals surface area contributed by atoms with Crippen LogP contribution in [0.4, 0.5) is 4.39 Å². The summed E-state index contributed by atoms with van der Waals surface area (Å²) < 4.78 is 19.8. The van der Waals surface area contributed by atoms with Gasteiger partial charge in [0.2, 0.25) is 0 Å². The predicted octanol–water partition coefficient (Wildman–Crippen LogP) is 9.32. The van der Waals surface area contributed by atoms with Crippen LogP contribution in [-0.4, -0.2) is 5.97 Å². The molecule has 0 aliphatic rings. The van der Waals surface area contributed by atoms with Gasteiger partial charge in [0.15, 0.2) is 0 Å². The lowest BCUT2D eigenvalue weighted by atomic mass is 9.65. The number of benzene rings is 6. The molecule has 0 radical (unpaired) electrons. The smallest absolute Gasteiger partial charge is 0.302 e. The van der Waals surface area contributed by atoms with Crippen LogP contribution in [0, 0.1) is 12.7 Å². The number of hydrogen-bond acceptors (Lipinski definition) is 2. The second-order valence-corrected chi connectivity index (χ2v) is 11.0. The second kappa shape index (κ2) is 12.1. The summed E-state index contributed by atoms with van der Waals surface area (Å²) in [6, 6.07) is 47.6. The molecule has 2 nitrogen and oxygen atoms in total. The molecule has 0 saturated carbocycles. The van der Waals surface area contributed by atoms with Crippen LogP contribution in [0.5, 0.6) is 0 Å². The maximum absolute atomic E-state index is 14.4. The number of halogens is 1. The highest BCUT2D eigenvalue weighted by Gasteiger charge is 2.38. The molecule has 0 aromatic heterocycles. The highest BCUT2D eigenvalue weighted by Crippen LogP contribution is 2.45. The van der Waals surface area contributed by atoms with Crippen LogP contribution in [-0.2, 0) is 28.0 Å². The molecule has 6 aromatic carbocycles. The zero-order valence-electron chi connectivity index (χ0n) is 24.4. The van der Waals surface area contributed by atoms with Crippen molar-refractivity contribution in [3.63, 3.8) is 0 Å². The average Bonchev–Trinajstić information content (AvgIpc) is 3.04. The fraction of sp³-hybridized carbons (Fsp3) is 0.125. The number of hydrogen-bond donors (Lipinski definition) is 0. The van der Waals surface area contributed by atoms with Crippen molar-refractivity contribution in [3.05, 3.63) is 190 Å². The predicted molar refractivity (Wildman–Crippen MR) is 172 cm³/mol. The zero-order valence-corrected chi connectivity index (χ0v) is 24.4. The van der Waals surface area contributed by atoms with E-state index in [1.54, 1.807) is 12.1 Å². The first-order valence-electron chi connectivity index (χ1n) is 14.6. The van der Waals surface area contributed by atoms with Gasteiger partial charge in [0, 0.05) is 6.92 Å². The Balaban J connectivity index is 1.48. The van der Waals surface area contributed by atoms with E-state index < -0.39 is 5.41 Å². The minimum Gasteiger partial charge on any atom is -0.461 e. The first-order chi connectivity index (χ1) is 21.0. The van der Waals surface area contributed by atoms with Gasteiger partial charge in [-0.25, -0.2) is 4.39 Å². The fourth-order valence-electron chi connectivity index (χ4n) is 6.31. The monoisotopic (exact) mass is 564 g/mol. The number of esters is 1. The molecule has 6 aromatic rings. The molecule has 0 spiro atoms. The third kappa shape index (κ3) is 5.47. The minimum atomic E-state index is -0.516. The molecule has 0 N–H and O–H groups in total. The number of rotatable bonds is 8. The summed E-state index contributed by atoms with van der Waals surface area (Å²) in [5, 5.41) is 1.80. The molecule has 0 atom stereocenters. The van der Waals surface area contributed by atoms with Crippen molar-refractivity contribution in [1.29, 1.82) is 0 Å². The summed E-state index contributed by atoms with van der Waals surface area (Å²) in [6.45, 7) is 3.63. The standard InChI is InChI=1S/C40H33FO2/c1-28-32(27-43-29(2)42)25-31-20-23-37(41)26-39(31)38(28)24-30-18-21-36(22-19-30)40(33-12-6-3-7-13-33,34-14-8-4-9-15-34)35-16-10-5-11-17-35/h3-23,25-26H,24,27H2,1-2H3. The number of ether oxygens (including phenoxy) is 1. The van der Waals surface area contributed by atoms with E-state index in [2.05, 4.69) is 115 Å². The zero-order chi connectivity index (χ0) is 29.8. The highest BCUT2D eigenvalue weighted by atomic mass is 19.1. The van der Waals surface area contributed by atoms with Crippen molar-refractivity contribution >= 4 is 16.7 Å². The lowest BCUT2D eigenvalue weighted by molar-refractivity contribution is -0.142. The SMILES string of the molecule is CC(=O)OCc1cc2ccc(F)cc2c(Cc2ccc(C(c3ccccc3)(c3ccccc3)c3ccccc3)cc2)c1C. The first-order valence-corrected chi connectivity index (χ1v) is 14.6. The highest BCUT2D eigenvalue weighted by molar-refractivity contribution is 5.88. The first kappa shape index (κ1) is 28.1. The molecule has 212 valence electrons. The Hall–Kier alpha value is -5.02. The van der Waals surface area contributed by atoms with Gasteiger partial charge in [-0.1, -0.05) is 121 Å². The quantitative estimate of drug-likeness (QED) is 0.136. The van der Waals surface area contributed by atoms with Crippen molar-refractivity contribution in [1.82, 2.24) is 0 Å². The molecule has 43 heavy (non-hydrogen) atoms. The molecule has 0 aliphatic carbocycles. The lowest BCUT2D eigenvalue weighted by Gasteiger charge is -2.37. The van der Waals surface area contributed by atoms with Crippen LogP contribution in [0.15, 0.2) is 140 Å². The van der Waals surface area contributed by atoms with Crippen LogP contribution in [0.1, 0.15) is 51.4 Å². The lowest BCUT2D eigenvalue weighted by Crippen LogP contribution is -2.30. The van der Waals surface area contributed by atoms with Gasteiger partial charge in [-0.15, -0.1) is 0 Å². The maximum Gasteiger partial charge on any atom is 0.302 e. The van der Waals surface area contributed by atoms with E-state index in [1.807, 2.05) is 13.0 Å². The maximum atomic E-state index is 14.4. The Labute approximate surface area is 252 Å². The second-order valence-electron chi connectivity index (χ2n) is 11.0. The van der Waals surface area contributed by atoms with Gasteiger partial charge in [-0.05, 0) is 86.8 Å². The third-order valence-electron chi connectivity index (χ3n) is 8.42. The normalized spacial score (nSPS) is 11.4. The summed E-state index contributed by atoms with van der Waals surface area (Å²) in [5.41, 5.74) is 8.31. The Morgan fingerprint density at radius 2 is 1.19 bits per heavy atom. The summed E-state index contributed by atoms with van der Waals surface area (Å²) in [7, 11) is 0. The molecular formula is C40H33FO2. The van der Waals surface area contributed by atoms with Crippen LogP contribution < -0.4 is 0 Å². The van der Waals surface area contributed by atoms with Gasteiger partial charge in [0.1, 0.15) is 12.4 Å². The Morgan fingerprint density at radius 3 is 1.70 bits per heavy atom. The summed E-state index contributed by atoms with van der Waals surface area (Å²) in [5.74, 6) is -0.593. The van der Waals surface area contributed by atoms with Gasteiger partial charge < -0.3 is 4.74 Å². The van der Waals surface area contributed by atoms with Gasteiger partial charge >= 0.3 is 5.97 Å². The van der Waals surface area contributed by atoms with Crippen LogP contribution in [0.25, 0.3) is 10.8 Å². The molecule has 0 saturated heterocycles. The van der Waals surface area contributed by atoms with Gasteiger partial charge in [0.05, 0.1) is 5.41 Å². The van der Waals surface area contributed by atoms with E-state index in [0.29, 0.717) is 6.42 Å². The Kier molecular flexibility index (Phi) is 7.89. The third-order valence-corrected chi connectivity index (χ3v) is 8.42. The summed E-state index contributed by atoms with van der Waals surface area (Å²) in [6.07, 6.45) is 0.620. The molecule has 0 unspecified atom stereocenters. The van der Waals surface area contributed by atoms with E-state index >= 15 is 0 Å². The number of fused-ring (bicyclic) bond motifs is 1. The molecular weight excluding hydrogens is 531 g/mol. The van der Waals surface area contributed by atoms with E-state index in [4.69, 9.17) is 4.74 Å². The van der Waals surface area contributed by atoms with E-state index in [1.165, 1.54) is 29.7 Å². The summed E-state index contributed by atoms with van der Waals surface area (Å²) in [4.78, 5) is 11.6. The Morgan fingerprint density at radius 1 is 0.674 bits per heavy atom. The molecule has 3 heteroatoms. The number of carbonyl (C=O) groups excluding carboxylic acids is 1.